The Hall–Kier alpha value is -6.12. The van der Waals surface area contributed by atoms with Crippen molar-refractivity contribution >= 4 is 38.4 Å². The van der Waals surface area contributed by atoms with Crippen LogP contribution in [0.5, 0.6) is 5.75 Å². The summed E-state index contributed by atoms with van der Waals surface area (Å²) in [5.41, 5.74) is 17.0. The van der Waals surface area contributed by atoms with Gasteiger partial charge in [-0.15, -0.1) is 0 Å². The molecule has 0 radical (unpaired) electrons. The van der Waals surface area contributed by atoms with Gasteiger partial charge >= 0.3 is 0 Å². The zero-order chi connectivity index (χ0) is 39.8. The highest BCUT2D eigenvalue weighted by Gasteiger charge is 2.44. The zero-order valence-electron chi connectivity index (χ0n) is 34.4. The molecule has 6 aromatic carbocycles. The maximum atomic E-state index is 12.9. The van der Waals surface area contributed by atoms with Crippen LogP contribution in [0.4, 0.5) is 5.69 Å². The van der Waals surface area contributed by atoms with Crippen molar-refractivity contribution in [2.75, 3.05) is 4.90 Å². The number of hydrogen-bond donors (Lipinski definition) is 1. The molecule has 0 aliphatic heterocycles. The van der Waals surface area contributed by atoms with Gasteiger partial charge in [-0.05, 0) is 129 Å². The standard InChI is InChI=1S/C56H51NO/c1-6-18-37(57(38-21-8-7-9-22-38)39-32-33-44-43-25-14-15-29-48(43)55(2,3)50(44)35-39)31-34-47-42-24-12-13-26-46(42)53-52(54(47)58)51-45(28-17-30-49(51)56(53,4)5)41-27-16-20-36-19-10-11-23-40(36)41/h6-8,10-16,18-21,23-29,31-33,35,58H,9,17,22,30,34H2,1-5H3/b18-6-,37-31+. The fourth-order valence-corrected chi connectivity index (χ4v) is 10.8. The first-order chi connectivity index (χ1) is 28.2. The fourth-order valence-electron chi connectivity index (χ4n) is 10.8. The molecule has 0 bridgehead atoms. The molecule has 0 heterocycles. The molecule has 6 aromatic rings. The van der Waals surface area contributed by atoms with E-state index in [1.807, 2.05) is 0 Å². The summed E-state index contributed by atoms with van der Waals surface area (Å²) in [5, 5.41) is 17.8. The Kier molecular flexibility index (Phi) is 8.60. The van der Waals surface area contributed by atoms with Crippen LogP contribution in [0.15, 0.2) is 169 Å². The molecule has 0 fully saturated rings. The van der Waals surface area contributed by atoms with Gasteiger partial charge in [0.25, 0.3) is 0 Å². The van der Waals surface area contributed by atoms with Gasteiger partial charge in [0, 0.05) is 39.0 Å². The number of benzene rings is 6. The van der Waals surface area contributed by atoms with Crippen molar-refractivity contribution in [3.8, 4) is 16.9 Å². The molecule has 4 aliphatic carbocycles. The van der Waals surface area contributed by atoms with Crippen LogP contribution < -0.4 is 4.90 Å². The van der Waals surface area contributed by atoms with Gasteiger partial charge in [-0.25, -0.2) is 0 Å². The highest BCUT2D eigenvalue weighted by atomic mass is 16.3. The maximum Gasteiger partial charge on any atom is 0.127 e. The number of fused-ring (bicyclic) bond motifs is 8. The second-order valence-corrected chi connectivity index (χ2v) is 17.5. The average molecular weight is 754 g/mol. The predicted octanol–water partition coefficient (Wildman–Crippen LogP) is 14.7. The molecule has 0 unspecified atom stereocenters. The molecule has 10 rings (SSSR count). The molecular weight excluding hydrogens is 703 g/mol. The lowest BCUT2D eigenvalue weighted by atomic mass is 9.75. The van der Waals surface area contributed by atoms with Crippen molar-refractivity contribution in [1.82, 2.24) is 0 Å². The molecule has 1 N–H and O–H groups in total. The molecule has 0 atom stereocenters. The van der Waals surface area contributed by atoms with Gasteiger partial charge in [-0.3, -0.25) is 0 Å². The van der Waals surface area contributed by atoms with E-state index in [9.17, 15) is 5.11 Å². The summed E-state index contributed by atoms with van der Waals surface area (Å²) in [4.78, 5) is 2.46. The minimum absolute atomic E-state index is 0.103. The van der Waals surface area contributed by atoms with E-state index in [1.165, 1.54) is 72.0 Å². The summed E-state index contributed by atoms with van der Waals surface area (Å²) in [5.74, 6) is 0.416. The lowest BCUT2D eigenvalue weighted by Crippen LogP contribution is -2.23. The molecule has 4 aliphatic rings. The van der Waals surface area contributed by atoms with Crippen LogP contribution in [0.2, 0.25) is 0 Å². The third kappa shape index (κ3) is 5.45. The molecule has 2 nitrogen and oxygen atoms in total. The van der Waals surface area contributed by atoms with E-state index in [0.29, 0.717) is 12.2 Å². The van der Waals surface area contributed by atoms with Gasteiger partial charge in [0.15, 0.2) is 0 Å². The number of nitrogens with zero attached hydrogens (tertiary/aromatic N) is 1. The molecule has 0 amide bonds. The van der Waals surface area contributed by atoms with Crippen molar-refractivity contribution < 1.29 is 5.11 Å². The lowest BCUT2D eigenvalue weighted by molar-refractivity contribution is 0.467. The molecule has 0 saturated heterocycles. The summed E-state index contributed by atoms with van der Waals surface area (Å²) in [7, 11) is 0. The molecular formula is C56H51NO. The second kappa shape index (κ2) is 13.8. The van der Waals surface area contributed by atoms with E-state index >= 15 is 0 Å². The van der Waals surface area contributed by atoms with Gasteiger partial charge in [0.2, 0.25) is 0 Å². The SMILES string of the molecule is C/C=C\C(=C/Cc1c(O)c2c(c3ccccc13)C(C)(C)C1=C2C(c2cccc3ccccc23)=CCC1)N(C1=CC=CCC1)c1ccc2c(c1)C(C)(C)c1ccccc1-2. The van der Waals surface area contributed by atoms with E-state index in [-0.39, 0.29) is 10.8 Å². The van der Waals surface area contributed by atoms with Crippen LogP contribution in [0.3, 0.4) is 0 Å². The van der Waals surface area contributed by atoms with E-state index in [4.69, 9.17) is 0 Å². The van der Waals surface area contributed by atoms with Crippen LogP contribution in [-0.4, -0.2) is 5.11 Å². The second-order valence-electron chi connectivity index (χ2n) is 17.5. The minimum atomic E-state index is -0.227. The zero-order valence-corrected chi connectivity index (χ0v) is 34.4. The number of phenols is 1. The molecule has 0 saturated carbocycles. The first-order valence-electron chi connectivity index (χ1n) is 21.1. The summed E-state index contributed by atoms with van der Waals surface area (Å²) in [6.07, 6.45) is 20.4. The van der Waals surface area contributed by atoms with Crippen LogP contribution >= 0.6 is 0 Å². The van der Waals surface area contributed by atoms with E-state index in [1.54, 1.807) is 0 Å². The Labute approximate surface area is 343 Å². The number of rotatable bonds is 7. The Morgan fingerprint density at radius 3 is 2.26 bits per heavy atom. The van der Waals surface area contributed by atoms with Gasteiger partial charge in [0.05, 0.1) is 0 Å². The van der Waals surface area contributed by atoms with Crippen molar-refractivity contribution in [3.05, 3.63) is 202 Å². The van der Waals surface area contributed by atoms with Crippen LogP contribution in [0.25, 0.3) is 43.8 Å². The number of aromatic hydroxyl groups is 1. The van der Waals surface area contributed by atoms with Crippen LogP contribution in [0, 0.1) is 0 Å². The van der Waals surface area contributed by atoms with E-state index < -0.39 is 0 Å². The van der Waals surface area contributed by atoms with Crippen molar-refractivity contribution in [2.45, 2.75) is 77.6 Å². The highest BCUT2D eigenvalue weighted by Crippen LogP contribution is 2.60. The Balaban J connectivity index is 1.14. The quantitative estimate of drug-likeness (QED) is 0.164. The Morgan fingerprint density at radius 1 is 0.724 bits per heavy atom. The summed E-state index contributed by atoms with van der Waals surface area (Å²) < 4.78 is 0. The van der Waals surface area contributed by atoms with Gasteiger partial charge < -0.3 is 10.0 Å². The summed E-state index contributed by atoms with van der Waals surface area (Å²) in [6, 6.07) is 40.1. The minimum Gasteiger partial charge on any atom is -0.507 e. The first-order valence-corrected chi connectivity index (χ1v) is 21.1. The van der Waals surface area contributed by atoms with Gasteiger partial charge in [-0.1, -0.05) is 161 Å². The average Bonchev–Trinajstić information content (AvgIpc) is 3.64. The van der Waals surface area contributed by atoms with Gasteiger partial charge in [0.1, 0.15) is 5.75 Å². The van der Waals surface area contributed by atoms with Crippen molar-refractivity contribution in [2.24, 2.45) is 0 Å². The Bertz CT molecular complexity index is 2880. The Morgan fingerprint density at radius 2 is 1.45 bits per heavy atom. The molecule has 58 heavy (non-hydrogen) atoms. The van der Waals surface area contributed by atoms with Crippen molar-refractivity contribution in [3.63, 3.8) is 0 Å². The first kappa shape index (κ1) is 36.2. The van der Waals surface area contributed by atoms with E-state index in [2.05, 4.69) is 191 Å². The molecule has 0 aromatic heterocycles. The van der Waals surface area contributed by atoms with E-state index in [0.717, 1.165) is 53.6 Å². The lowest BCUT2D eigenvalue weighted by Gasteiger charge is -2.31. The third-order valence-corrected chi connectivity index (χ3v) is 13.5. The third-order valence-electron chi connectivity index (χ3n) is 13.5. The summed E-state index contributed by atoms with van der Waals surface area (Å²) >= 11 is 0. The number of phenolic OH excluding ortho intramolecular Hbond substituents is 1. The monoisotopic (exact) mass is 753 g/mol. The summed E-state index contributed by atoms with van der Waals surface area (Å²) in [6.45, 7) is 11.6. The van der Waals surface area contributed by atoms with Crippen LogP contribution in [-0.2, 0) is 17.3 Å². The number of allylic oxidation sites excluding steroid dienone is 11. The highest BCUT2D eigenvalue weighted by molar-refractivity contribution is 6.18. The number of hydrogen-bond acceptors (Lipinski definition) is 2. The fraction of sp³-hybridized carbons (Fsp3) is 0.214. The predicted molar refractivity (Wildman–Crippen MR) is 246 cm³/mol. The normalized spacial score (nSPS) is 17.6. The largest absolute Gasteiger partial charge is 0.507 e. The molecule has 0 spiro atoms. The van der Waals surface area contributed by atoms with Gasteiger partial charge in [-0.2, -0.15) is 0 Å². The van der Waals surface area contributed by atoms with Crippen LogP contribution in [0.1, 0.15) is 93.7 Å². The molecule has 286 valence electrons. The maximum absolute atomic E-state index is 12.9. The van der Waals surface area contributed by atoms with Crippen molar-refractivity contribution in [1.29, 1.82) is 0 Å². The topological polar surface area (TPSA) is 23.5 Å². The molecule has 2 heteroatoms. The number of anilines is 1. The smallest absolute Gasteiger partial charge is 0.127 e.